The number of aromatic amines is 1. The van der Waals surface area contributed by atoms with Crippen LogP contribution in [0.5, 0.6) is 0 Å². The lowest BCUT2D eigenvalue weighted by Crippen LogP contribution is -2.58. The highest BCUT2D eigenvalue weighted by Gasteiger charge is 2.31. The molecule has 1 aromatic rings. The van der Waals surface area contributed by atoms with Gasteiger partial charge in [-0.05, 0) is 6.92 Å². The molecule has 1 heterocycles. The molecule has 0 saturated heterocycles. The fraction of sp³-hybridized carbons (Fsp3) is 0.500. The van der Waals surface area contributed by atoms with E-state index in [-0.39, 0.29) is 6.42 Å². The van der Waals surface area contributed by atoms with Gasteiger partial charge in [0.15, 0.2) is 0 Å². The van der Waals surface area contributed by atoms with Crippen molar-refractivity contribution in [3.05, 3.63) is 18.2 Å². The van der Waals surface area contributed by atoms with Gasteiger partial charge >= 0.3 is 11.9 Å². The molecule has 0 aromatic carbocycles. The van der Waals surface area contributed by atoms with Crippen molar-refractivity contribution in [2.75, 3.05) is 6.61 Å². The number of aliphatic carboxylic acids is 2. The molecule has 0 spiro atoms. The normalized spacial score (nSPS) is 14.6. The molecule has 0 fully saturated rings. The Bertz CT molecular complexity index is 768. The molecule has 0 aliphatic carbocycles. The van der Waals surface area contributed by atoms with Crippen LogP contribution in [0, 0.1) is 0 Å². The quantitative estimate of drug-likeness (QED) is 0.162. The third kappa shape index (κ3) is 7.84. The van der Waals surface area contributed by atoms with Crippen LogP contribution in [0.2, 0.25) is 0 Å². The Morgan fingerprint density at radius 1 is 1.07 bits per heavy atom. The zero-order valence-electron chi connectivity index (χ0n) is 16.0. The average Bonchev–Trinajstić information content (AvgIpc) is 3.18. The van der Waals surface area contributed by atoms with Gasteiger partial charge < -0.3 is 42.0 Å². The molecule has 0 radical (unpaired) electrons. The molecule has 0 bridgehead atoms. The minimum atomic E-state index is -1.61. The Kier molecular flexibility index (Phi) is 9.38. The second-order valence-electron chi connectivity index (χ2n) is 6.36. The first-order chi connectivity index (χ1) is 14.0. The molecule has 9 N–H and O–H groups in total. The van der Waals surface area contributed by atoms with E-state index in [2.05, 4.69) is 25.9 Å². The predicted molar refractivity (Wildman–Crippen MR) is 98.7 cm³/mol. The predicted octanol–water partition coefficient (Wildman–Crippen LogP) is -3.69. The summed E-state index contributed by atoms with van der Waals surface area (Å²) in [5.41, 5.74) is 5.86. The van der Waals surface area contributed by atoms with E-state index in [4.69, 9.17) is 21.1 Å². The first kappa shape index (κ1) is 24.5. The van der Waals surface area contributed by atoms with Gasteiger partial charge in [0, 0.05) is 18.3 Å². The fourth-order valence-electron chi connectivity index (χ4n) is 2.22. The van der Waals surface area contributed by atoms with Crippen LogP contribution in [0.1, 0.15) is 19.0 Å². The standard InChI is InChI=1S/C16H24N6O8/c1-7(16(29)30)20-14(27)11(3-12(24)25)22-15(28)10(2-8-4-18-6-19-8)21-13(26)9(17)5-23/h4,6-7,9-11,23H,2-3,5,17H2,1H3,(H,18,19)(H,20,27)(H,21,26)(H,22,28)(H,24,25)(H,29,30). The highest BCUT2D eigenvalue weighted by atomic mass is 16.4. The van der Waals surface area contributed by atoms with Gasteiger partial charge in [-0.3, -0.25) is 24.0 Å². The van der Waals surface area contributed by atoms with Crippen molar-refractivity contribution in [3.63, 3.8) is 0 Å². The van der Waals surface area contributed by atoms with Crippen molar-refractivity contribution in [2.45, 2.75) is 43.9 Å². The minimum Gasteiger partial charge on any atom is -0.481 e. The Balaban J connectivity index is 2.98. The number of aliphatic hydroxyl groups is 1. The second kappa shape index (κ2) is 11.5. The molecule has 0 aliphatic heterocycles. The van der Waals surface area contributed by atoms with Crippen molar-refractivity contribution in [1.82, 2.24) is 25.9 Å². The number of nitrogens with two attached hydrogens (primary N) is 1. The highest BCUT2D eigenvalue weighted by molar-refractivity contribution is 5.95. The number of carbonyl (C=O) groups excluding carboxylic acids is 3. The van der Waals surface area contributed by atoms with Gasteiger partial charge in [0.05, 0.1) is 19.4 Å². The molecular formula is C16H24N6O8. The molecule has 3 amide bonds. The topological polar surface area (TPSA) is 237 Å². The Morgan fingerprint density at radius 2 is 1.67 bits per heavy atom. The van der Waals surface area contributed by atoms with Crippen molar-refractivity contribution in [3.8, 4) is 0 Å². The number of carboxylic acids is 2. The third-order valence-corrected chi connectivity index (χ3v) is 3.89. The summed E-state index contributed by atoms with van der Waals surface area (Å²) >= 11 is 0. The van der Waals surface area contributed by atoms with Crippen molar-refractivity contribution in [2.24, 2.45) is 5.73 Å². The van der Waals surface area contributed by atoms with Crippen LogP contribution in [-0.4, -0.2) is 85.7 Å². The molecule has 1 aromatic heterocycles. The van der Waals surface area contributed by atoms with E-state index in [1.165, 1.54) is 12.5 Å². The number of hydrogen-bond donors (Lipinski definition) is 8. The van der Waals surface area contributed by atoms with E-state index in [1.54, 1.807) is 0 Å². The number of aliphatic hydroxyl groups excluding tert-OH is 1. The smallest absolute Gasteiger partial charge is 0.325 e. The third-order valence-electron chi connectivity index (χ3n) is 3.89. The maximum Gasteiger partial charge on any atom is 0.325 e. The number of carboxylic acid groups (broad SMARTS) is 2. The number of carbonyl (C=O) groups is 5. The number of imidazole rings is 1. The van der Waals surface area contributed by atoms with E-state index < -0.39 is 66.9 Å². The Labute approximate surface area is 170 Å². The summed E-state index contributed by atoms with van der Waals surface area (Å²) in [5.74, 6) is -5.58. The molecule has 166 valence electrons. The van der Waals surface area contributed by atoms with Gasteiger partial charge in [0.25, 0.3) is 0 Å². The van der Waals surface area contributed by atoms with Gasteiger partial charge in [-0.25, -0.2) is 4.98 Å². The molecule has 14 heteroatoms. The molecule has 4 atom stereocenters. The molecule has 4 unspecified atom stereocenters. The van der Waals surface area contributed by atoms with Crippen LogP contribution in [0.25, 0.3) is 0 Å². The van der Waals surface area contributed by atoms with Crippen LogP contribution in [-0.2, 0) is 30.4 Å². The highest BCUT2D eigenvalue weighted by Crippen LogP contribution is 2.02. The molecule has 1 rings (SSSR count). The molecule has 0 saturated carbocycles. The lowest BCUT2D eigenvalue weighted by molar-refractivity contribution is -0.143. The van der Waals surface area contributed by atoms with Crippen LogP contribution in [0.3, 0.4) is 0 Å². The van der Waals surface area contributed by atoms with E-state index in [9.17, 15) is 24.0 Å². The molecular weight excluding hydrogens is 404 g/mol. The summed E-state index contributed by atoms with van der Waals surface area (Å²) in [6.45, 7) is 0.485. The minimum absolute atomic E-state index is 0.108. The number of aromatic nitrogens is 2. The largest absolute Gasteiger partial charge is 0.481 e. The summed E-state index contributed by atoms with van der Waals surface area (Å²) in [6.07, 6.45) is 1.78. The number of amides is 3. The fourth-order valence-corrected chi connectivity index (χ4v) is 2.22. The number of rotatable bonds is 12. The number of H-pyrrole nitrogens is 1. The van der Waals surface area contributed by atoms with E-state index in [0.717, 1.165) is 6.92 Å². The SMILES string of the molecule is CC(NC(=O)C(CC(=O)O)NC(=O)C(Cc1cnc[nH]1)NC(=O)C(N)CO)C(=O)O. The monoisotopic (exact) mass is 428 g/mol. The van der Waals surface area contributed by atoms with Gasteiger partial charge in [0.2, 0.25) is 17.7 Å². The summed E-state index contributed by atoms with van der Waals surface area (Å²) in [5, 5.41) is 33.4. The number of nitrogens with zero attached hydrogens (tertiary/aromatic N) is 1. The maximum atomic E-state index is 12.7. The van der Waals surface area contributed by atoms with Crippen molar-refractivity contribution < 1.29 is 39.3 Å². The Morgan fingerprint density at radius 3 is 2.17 bits per heavy atom. The summed E-state index contributed by atoms with van der Waals surface area (Å²) in [4.78, 5) is 65.4. The average molecular weight is 428 g/mol. The summed E-state index contributed by atoms with van der Waals surface area (Å²) < 4.78 is 0. The van der Waals surface area contributed by atoms with Crippen LogP contribution >= 0.6 is 0 Å². The lowest BCUT2D eigenvalue weighted by Gasteiger charge is -2.23. The van der Waals surface area contributed by atoms with Crippen LogP contribution < -0.4 is 21.7 Å². The van der Waals surface area contributed by atoms with E-state index in [1.807, 2.05) is 0 Å². The lowest BCUT2D eigenvalue weighted by atomic mass is 10.1. The van der Waals surface area contributed by atoms with Gasteiger partial charge in [-0.2, -0.15) is 0 Å². The zero-order chi connectivity index (χ0) is 22.8. The maximum absolute atomic E-state index is 12.7. The molecule has 0 aliphatic rings. The summed E-state index contributed by atoms with van der Waals surface area (Å²) in [6, 6.07) is -5.54. The van der Waals surface area contributed by atoms with Crippen LogP contribution in [0.15, 0.2) is 12.5 Å². The first-order valence-corrected chi connectivity index (χ1v) is 8.74. The number of hydrogen-bond acceptors (Lipinski definition) is 8. The molecule has 30 heavy (non-hydrogen) atoms. The zero-order valence-corrected chi connectivity index (χ0v) is 16.0. The summed E-state index contributed by atoms with van der Waals surface area (Å²) in [7, 11) is 0. The van der Waals surface area contributed by atoms with E-state index >= 15 is 0 Å². The van der Waals surface area contributed by atoms with Gasteiger partial charge in [0.1, 0.15) is 24.2 Å². The number of nitrogens with one attached hydrogen (secondary N) is 4. The second-order valence-corrected chi connectivity index (χ2v) is 6.36. The first-order valence-electron chi connectivity index (χ1n) is 8.74. The van der Waals surface area contributed by atoms with Gasteiger partial charge in [-0.1, -0.05) is 0 Å². The van der Waals surface area contributed by atoms with Crippen molar-refractivity contribution >= 4 is 29.7 Å². The van der Waals surface area contributed by atoms with Gasteiger partial charge in [-0.15, -0.1) is 0 Å². The Hall–Kier alpha value is -3.52. The van der Waals surface area contributed by atoms with E-state index in [0.29, 0.717) is 5.69 Å². The molecule has 14 nitrogen and oxygen atoms in total. The van der Waals surface area contributed by atoms with Crippen LogP contribution in [0.4, 0.5) is 0 Å². The van der Waals surface area contributed by atoms with Crippen molar-refractivity contribution in [1.29, 1.82) is 0 Å².